The van der Waals surface area contributed by atoms with Gasteiger partial charge in [0.25, 0.3) is 0 Å². The zero-order valence-corrected chi connectivity index (χ0v) is 33.0. The second kappa shape index (κ2) is 21.6. The summed E-state index contributed by atoms with van der Waals surface area (Å²) in [4.78, 5) is 12.8. The van der Waals surface area contributed by atoms with Gasteiger partial charge in [-0.3, -0.25) is 10.1 Å². The Balaban J connectivity index is 1.35. The van der Waals surface area contributed by atoms with Gasteiger partial charge in [-0.05, 0) is 79.9 Å². The van der Waals surface area contributed by atoms with E-state index < -0.39 is 54.6 Å². The van der Waals surface area contributed by atoms with E-state index >= 15 is 0 Å². The normalized spacial score (nSPS) is 19.2. The first kappa shape index (κ1) is 41.7. The number of nitrogens with one attached hydrogen (secondary N) is 1. The minimum absolute atomic E-state index is 0.0155. The molecule has 282 valence electrons. The lowest BCUT2D eigenvalue weighted by Crippen LogP contribution is -2.41. The van der Waals surface area contributed by atoms with E-state index in [0.717, 1.165) is 16.7 Å². The Labute approximate surface area is 312 Å². The Hall–Kier alpha value is -3.09. The second-order valence-electron chi connectivity index (χ2n) is 12.3. The van der Waals surface area contributed by atoms with Crippen molar-refractivity contribution < 1.29 is 51.3 Å². The smallest absolute Gasteiger partial charge is 0.319 e. The number of hydrogen-bond donors (Lipinski definition) is 2. The number of aliphatic hydroxyl groups excluding tert-OH is 1. The number of aliphatic hydroxyl groups is 1. The minimum atomic E-state index is -1.81. The number of methoxy groups -OCH3 is 2. The van der Waals surface area contributed by atoms with Gasteiger partial charge in [0, 0.05) is 26.1 Å². The van der Waals surface area contributed by atoms with E-state index in [1.807, 2.05) is 92.0 Å². The molecule has 1 aliphatic heterocycles. The molecule has 2 radical (unpaired) electrons. The largest absolute Gasteiger partial charge is 0.497 e. The van der Waals surface area contributed by atoms with Gasteiger partial charge in [-0.1, -0.05) is 54.6 Å². The van der Waals surface area contributed by atoms with Crippen molar-refractivity contribution in [3.8, 4) is 11.5 Å². The first-order chi connectivity index (χ1) is 25.2. The first-order valence-electron chi connectivity index (χ1n) is 17.6. The predicted octanol–water partition coefficient (Wildman–Crippen LogP) is 3.64. The SMILES string of the molecule is [B]C1CC(OC(c2ccccc2)(c2ccc(OC)cc2)c2ccc(OC)cc2)C(COC(=O)CCC(O)NCCCO[SiH](C)OCO[SiH](C)OC)O1. The predicted molar refractivity (Wildman–Crippen MR) is 201 cm³/mol. The Morgan fingerprint density at radius 1 is 0.904 bits per heavy atom. The lowest BCUT2D eigenvalue weighted by atomic mass is 9.79. The van der Waals surface area contributed by atoms with Crippen molar-refractivity contribution in [2.75, 3.05) is 47.9 Å². The third-order valence-electron chi connectivity index (χ3n) is 8.75. The van der Waals surface area contributed by atoms with Crippen molar-refractivity contribution in [1.29, 1.82) is 0 Å². The topological polar surface area (TPSA) is 132 Å². The molecule has 1 saturated heterocycles. The molecular formula is C37H52BNO11Si2. The molecule has 1 fully saturated rings. The summed E-state index contributed by atoms with van der Waals surface area (Å²) in [6.07, 6.45) is -0.795. The fraction of sp³-hybridized carbons (Fsp3) is 0.486. The van der Waals surface area contributed by atoms with Crippen LogP contribution in [0.2, 0.25) is 13.1 Å². The van der Waals surface area contributed by atoms with Crippen molar-refractivity contribution in [1.82, 2.24) is 5.32 Å². The van der Waals surface area contributed by atoms with Crippen LogP contribution in [0.3, 0.4) is 0 Å². The van der Waals surface area contributed by atoms with Crippen LogP contribution < -0.4 is 14.8 Å². The fourth-order valence-corrected chi connectivity index (χ4v) is 7.24. The number of esters is 1. The summed E-state index contributed by atoms with van der Waals surface area (Å²) in [7, 11) is 7.76. The van der Waals surface area contributed by atoms with Crippen molar-refractivity contribution in [2.24, 2.45) is 0 Å². The van der Waals surface area contributed by atoms with Gasteiger partial charge >= 0.3 is 24.5 Å². The maximum atomic E-state index is 12.8. The number of carbonyl (C=O) groups is 1. The van der Waals surface area contributed by atoms with Gasteiger partial charge in [0.2, 0.25) is 0 Å². The minimum Gasteiger partial charge on any atom is -0.497 e. The molecule has 0 aliphatic carbocycles. The lowest BCUT2D eigenvalue weighted by Gasteiger charge is -2.39. The average Bonchev–Trinajstić information content (AvgIpc) is 3.53. The van der Waals surface area contributed by atoms with Gasteiger partial charge < -0.3 is 46.5 Å². The average molecular weight is 754 g/mol. The highest BCUT2D eigenvalue weighted by atomic mass is 28.3. The molecule has 52 heavy (non-hydrogen) atoms. The van der Waals surface area contributed by atoms with Crippen LogP contribution in [0.25, 0.3) is 0 Å². The highest BCUT2D eigenvalue weighted by Gasteiger charge is 2.45. The van der Waals surface area contributed by atoms with Gasteiger partial charge in [0.05, 0.1) is 20.3 Å². The highest BCUT2D eigenvalue weighted by molar-refractivity contribution is 6.43. The number of rotatable bonds is 23. The monoisotopic (exact) mass is 753 g/mol. The summed E-state index contributed by atoms with van der Waals surface area (Å²) in [6, 6.07) is 24.8. The molecule has 0 aromatic heterocycles. The van der Waals surface area contributed by atoms with Crippen LogP contribution in [-0.4, -0.2) is 110 Å². The molecule has 1 aliphatic rings. The standard InChI is InChI=1S/C37H52BNO11Si2/c1-42-30-16-12-28(13-17-30)37(27-10-7-6-8-11-27,29-14-18-31(43-2)19-15-29)50-32-24-34(38)49-33(32)25-45-36(41)21-20-35(40)39-22-9-23-46-52(5)48-26-47-51(4)44-3/h6-8,10-19,32-35,39-40,51-52H,9,20-26H2,1-5H3. The highest BCUT2D eigenvalue weighted by Crippen LogP contribution is 2.44. The van der Waals surface area contributed by atoms with E-state index in [-0.39, 0.29) is 26.2 Å². The van der Waals surface area contributed by atoms with E-state index in [4.69, 9.17) is 49.2 Å². The second-order valence-corrected chi connectivity index (χ2v) is 16.1. The summed E-state index contributed by atoms with van der Waals surface area (Å²) in [5.74, 6) is 0.962. The number of hydrogen-bond acceptors (Lipinski definition) is 12. The molecule has 0 spiro atoms. The molecule has 12 nitrogen and oxygen atoms in total. The molecule has 1 heterocycles. The molecule has 2 N–H and O–H groups in total. The third-order valence-corrected chi connectivity index (χ3v) is 11.3. The van der Waals surface area contributed by atoms with E-state index in [1.54, 1.807) is 21.3 Å². The summed E-state index contributed by atoms with van der Waals surface area (Å²) < 4.78 is 51.7. The first-order valence-corrected chi connectivity index (χ1v) is 21.8. The fourth-order valence-electron chi connectivity index (χ4n) is 5.82. The molecule has 3 aromatic rings. The van der Waals surface area contributed by atoms with Crippen molar-refractivity contribution in [3.05, 3.63) is 95.6 Å². The van der Waals surface area contributed by atoms with Crippen LogP contribution in [0.15, 0.2) is 78.9 Å². The van der Waals surface area contributed by atoms with Gasteiger partial charge in [-0.15, -0.1) is 0 Å². The van der Waals surface area contributed by atoms with Crippen molar-refractivity contribution in [2.45, 2.75) is 68.8 Å². The van der Waals surface area contributed by atoms with E-state index in [1.165, 1.54) is 0 Å². The summed E-state index contributed by atoms with van der Waals surface area (Å²) in [5, 5.41) is 13.4. The molecule has 15 heteroatoms. The van der Waals surface area contributed by atoms with Crippen LogP contribution in [0, 0.1) is 0 Å². The Kier molecular flexibility index (Phi) is 17.3. The van der Waals surface area contributed by atoms with Crippen LogP contribution in [0.4, 0.5) is 0 Å². The Bertz CT molecular complexity index is 1410. The molecule has 0 bridgehead atoms. The molecule has 0 amide bonds. The van der Waals surface area contributed by atoms with Crippen molar-refractivity contribution in [3.63, 3.8) is 0 Å². The maximum absolute atomic E-state index is 12.8. The Morgan fingerprint density at radius 3 is 2.10 bits per heavy atom. The van der Waals surface area contributed by atoms with E-state index in [0.29, 0.717) is 37.5 Å². The van der Waals surface area contributed by atoms with Gasteiger partial charge in [0.1, 0.15) is 50.7 Å². The van der Waals surface area contributed by atoms with Crippen molar-refractivity contribution >= 4 is 32.4 Å². The molecular weight excluding hydrogens is 701 g/mol. The number of ether oxygens (including phenoxy) is 5. The molecule has 6 unspecified atom stereocenters. The summed E-state index contributed by atoms with van der Waals surface area (Å²) >= 11 is 0. The molecule has 6 atom stereocenters. The van der Waals surface area contributed by atoms with Gasteiger partial charge in [-0.25, -0.2) is 0 Å². The van der Waals surface area contributed by atoms with Gasteiger partial charge in [0.15, 0.2) is 0 Å². The lowest BCUT2D eigenvalue weighted by molar-refractivity contribution is -0.152. The molecule has 0 saturated carbocycles. The molecule has 3 aromatic carbocycles. The zero-order chi connectivity index (χ0) is 37.3. The summed E-state index contributed by atoms with van der Waals surface area (Å²) in [6.45, 7) is 4.97. The molecule has 4 rings (SSSR count). The summed E-state index contributed by atoms with van der Waals surface area (Å²) in [5.41, 5.74) is 1.53. The zero-order valence-electron chi connectivity index (χ0n) is 30.7. The van der Waals surface area contributed by atoms with E-state index in [9.17, 15) is 9.90 Å². The maximum Gasteiger partial charge on any atom is 0.319 e. The Morgan fingerprint density at radius 2 is 1.50 bits per heavy atom. The van der Waals surface area contributed by atoms with Crippen LogP contribution in [0.1, 0.15) is 42.4 Å². The van der Waals surface area contributed by atoms with Crippen LogP contribution in [-0.2, 0) is 42.3 Å². The number of benzene rings is 3. The quantitative estimate of drug-likeness (QED) is 0.0482. The third kappa shape index (κ3) is 12.2. The number of carbonyl (C=O) groups excluding carboxylic acids is 1. The van der Waals surface area contributed by atoms with E-state index in [2.05, 4.69) is 5.32 Å². The van der Waals surface area contributed by atoms with Crippen LogP contribution >= 0.6 is 0 Å². The van der Waals surface area contributed by atoms with Crippen LogP contribution in [0.5, 0.6) is 11.5 Å². The van der Waals surface area contributed by atoms with Gasteiger partial charge in [-0.2, -0.15) is 0 Å².